The Bertz CT molecular complexity index is 604. The summed E-state index contributed by atoms with van der Waals surface area (Å²) in [7, 11) is 0. The van der Waals surface area contributed by atoms with Gasteiger partial charge in [-0.15, -0.1) is 13.2 Å². The van der Waals surface area contributed by atoms with E-state index < -0.39 is 18.0 Å². The van der Waals surface area contributed by atoms with Crippen LogP contribution < -0.4 is 10.5 Å². The minimum atomic E-state index is -4.83. The van der Waals surface area contributed by atoms with E-state index in [-0.39, 0.29) is 16.9 Å². The highest BCUT2D eigenvalue weighted by Gasteiger charge is 2.32. The van der Waals surface area contributed by atoms with E-state index >= 15 is 0 Å². The van der Waals surface area contributed by atoms with Crippen LogP contribution in [0.1, 0.15) is 10.6 Å². The van der Waals surface area contributed by atoms with E-state index in [4.69, 9.17) is 10.2 Å². The van der Waals surface area contributed by atoms with Crippen LogP contribution in [0.25, 0.3) is 11.1 Å². The molecule has 0 spiro atoms. The topological polar surface area (TPSA) is 65.5 Å². The molecule has 2 aromatic rings. The molecule has 0 saturated carbocycles. The van der Waals surface area contributed by atoms with Gasteiger partial charge in [0.15, 0.2) is 5.76 Å². The molecule has 1 aromatic heterocycles. The molecular formula is C12H8F3NO3. The van der Waals surface area contributed by atoms with Crippen molar-refractivity contribution in [2.24, 2.45) is 5.73 Å². The third-order valence-electron chi connectivity index (χ3n) is 2.29. The third kappa shape index (κ3) is 2.87. The Labute approximate surface area is 105 Å². The first-order valence-electron chi connectivity index (χ1n) is 5.11. The van der Waals surface area contributed by atoms with Crippen molar-refractivity contribution < 1.29 is 27.1 Å². The second-order valence-electron chi connectivity index (χ2n) is 3.57. The molecule has 0 radical (unpaired) electrons. The summed E-state index contributed by atoms with van der Waals surface area (Å²) in [4.78, 5) is 11.1. The number of ether oxygens (including phenoxy) is 1. The molecule has 1 heterocycles. The van der Waals surface area contributed by atoms with Crippen molar-refractivity contribution in [2.45, 2.75) is 6.36 Å². The van der Waals surface area contributed by atoms with Gasteiger partial charge in [0.25, 0.3) is 5.91 Å². The number of nitrogens with two attached hydrogens (primary N) is 1. The maximum atomic E-state index is 12.3. The molecule has 0 aliphatic heterocycles. The number of hydrogen-bond donors (Lipinski definition) is 1. The number of alkyl halides is 3. The summed E-state index contributed by atoms with van der Waals surface area (Å²) >= 11 is 0. The number of furan rings is 1. The van der Waals surface area contributed by atoms with Gasteiger partial charge in [0.05, 0.1) is 6.26 Å². The number of carbonyl (C=O) groups is 1. The minimum Gasteiger partial charge on any atom is -0.459 e. The molecule has 0 aliphatic carbocycles. The summed E-state index contributed by atoms with van der Waals surface area (Å²) in [6.07, 6.45) is -3.66. The summed E-state index contributed by atoms with van der Waals surface area (Å²) in [5.41, 5.74) is 5.30. The monoisotopic (exact) mass is 271 g/mol. The average molecular weight is 271 g/mol. The van der Waals surface area contributed by atoms with Crippen LogP contribution >= 0.6 is 0 Å². The van der Waals surface area contributed by atoms with Gasteiger partial charge in [0.2, 0.25) is 0 Å². The summed E-state index contributed by atoms with van der Waals surface area (Å²) in [5.74, 6) is -1.53. The van der Waals surface area contributed by atoms with Crippen LogP contribution in [-0.4, -0.2) is 12.3 Å². The number of para-hydroxylation sites is 1. The van der Waals surface area contributed by atoms with Crippen molar-refractivity contribution in [1.29, 1.82) is 0 Å². The van der Waals surface area contributed by atoms with Crippen LogP contribution in [0.5, 0.6) is 5.75 Å². The van der Waals surface area contributed by atoms with Gasteiger partial charge in [-0.3, -0.25) is 4.79 Å². The third-order valence-corrected chi connectivity index (χ3v) is 2.29. The molecule has 4 nitrogen and oxygen atoms in total. The molecule has 0 atom stereocenters. The Morgan fingerprint density at radius 3 is 2.47 bits per heavy atom. The van der Waals surface area contributed by atoms with Gasteiger partial charge >= 0.3 is 6.36 Å². The standard InChI is InChI=1S/C12H8F3NO3/c13-12(14,15)19-9-4-2-1-3-7(9)8-5-6-18-10(8)11(16)17/h1-6H,(H2,16,17). The molecule has 0 aliphatic rings. The molecular weight excluding hydrogens is 263 g/mol. The lowest BCUT2D eigenvalue weighted by molar-refractivity contribution is -0.274. The van der Waals surface area contributed by atoms with E-state index in [9.17, 15) is 18.0 Å². The Kier molecular flexibility index (Phi) is 3.20. The van der Waals surface area contributed by atoms with Crippen molar-refractivity contribution >= 4 is 5.91 Å². The van der Waals surface area contributed by atoms with Crippen molar-refractivity contribution in [3.8, 4) is 16.9 Å². The average Bonchev–Trinajstić information content (AvgIpc) is 2.76. The van der Waals surface area contributed by atoms with E-state index in [0.29, 0.717) is 0 Å². The number of benzene rings is 1. The summed E-state index contributed by atoms with van der Waals surface area (Å²) in [5, 5.41) is 0. The Balaban J connectivity index is 2.50. The van der Waals surface area contributed by atoms with Gasteiger partial charge in [0, 0.05) is 11.1 Å². The van der Waals surface area contributed by atoms with Crippen LogP contribution in [0.15, 0.2) is 41.0 Å². The van der Waals surface area contributed by atoms with Gasteiger partial charge in [-0.05, 0) is 12.1 Å². The van der Waals surface area contributed by atoms with Gasteiger partial charge in [-0.2, -0.15) is 0 Å². The molecule has 2 rings (SSSR count). The largest absolute Gasteiger partial charge is 0.573 e. The van der Waals surface area contributed by atoms with Crippen LogP contribution in [0.4, 0.5) is 13.2 Å². The van der Waals surface area contributed by atoms with E-state index in [1.807, 2.05) is 0 Å². The van der Waals surface area contributed by atoms with Crippen LogP contribution in [0.2, 0.25) is 0 Å². The first-order chi connectivity index (χ1) is 8.88. The molecule has 1 aromatic carbocycles. The number of carbonyl (C=O) groups excluding carboxylic acids is 1. The lowest BCUT2D eigenvalue weighted by atomic mass is 10.1. The number of amides is 1. The molecule has 0 unspecified atom stereocenters. The molecule has 0 saturated heterocycles. The zero-order valence-electron chi connectivity index (χ0n) is 9.40. The van der Waals surface area contributed by atoms with Crippen molar-refractivity contribution in [2.75, 3.05) is 0 Å². The lowest BCUT2D eigenvalue weighted by Crippen LogP contribution is -2.18. The predicted octanol–water partition coefficient (Wildman–Crippen LogP) is 2.94. The first-order valence-corrected chi connectivity index (χ1v) is 5.11. The highest BCUT2D eigenvalue weighted by atomic mass is 19.4. The molecule has 1 amide bonds. The molecule has 0 bridgehead atoms. The summed E-state index contributed by atoms with van der Waals surface area (Å²) in [6.45, 7) is 0. The normalized spacial score (nSPS) is 11.3. The molecule has 2 N–H and O–H groups in total. The summed E-state index contributed by atoms with van der Waals surface area (Å²) < 4.78 is 45.6. The van der Waals surface area contributed by atoms with Crippen molar-refractivity contribution in [3.05, 3.63) is 42.4 Å². The highest BCUT2D eigenvalue weighted by Crippen LogP contribution is 2.35. The highest BCUT2D eigenvalue weighted by molar-refractivity contribution is 5.97. The fourth-order valence-corrected chi connectivity index (χ4v) is 1.62. The van der Waals surface area contributed by atoms with Gasteiger partial charge in [0.1, 0.15) is 5.75 Å². The summed E-state index contributed by atoms with van der Waals surface area (Å²) in [6, 6.07) is 6.75. The number of hydrogen-bond acceptors (Lipinski definition) is 3. The predicted molar refractivity (Wildman–Crippen MR) is 59.3 cm³/mol. The SMILES string of the molecule is NC(=O)c1occc1-c1ccccc1OC(F)(F)F. The number of primary amides is 1. The quantitative estimate of drug-likeness (QED) is 0.933. The Morgan fingerprint density at radius 2 is 1.84 bits per heavy atom. The fraction of sp³-hybridized carbons (Fsp3) is 0.0833. The van der Waals surface area contributed by atoms with Crippen molar-refractivity contribution in [3.63, 3.8) is 0 Å². The number of halogens is 3. The van der Waals surface area contributed by atoms with E-state index in [1.54, 1.807) is 0 Å². The molecule has 7 heteroatoms. The zero-order valence-corrected chi connectivity index (χ0v) is 9.40. The van der Waals surface area contributed by atoms with Crippen LogP contribution in [0.3, 0.4) is 0 Å². The van der Waals surface area contributed by atoms with Gasteiger partial charge in [-0.1, -0.05) is 18.2 Å². The fourth-order valence-electron chi connectivity index (χ4n) is 1.62. The van der Waals surface area contributed by atoms with Gasteiger partial charge in [-0.25, -0.2) is 0 Å². The smallest absolute Gasteiger partial charge is 0.459 e. The lowest BCUT2D eigenvalue weighted by Gasteiger charge is -2.12. The second-order valence-corrected chi connectivity index (χ2v) is 3.57. The Hall–Kier alpha value is -2.44. The van der Waals surface area contributed by atoms with E-state index in [2.05, 4.69) is 4.74 Å². The van der Waals surface area contributed by atoms with Crippen LogP contribution in [0, 0.1) is 0 Å². The molecule has 100 valence electrons. The van der Waals surface area contributed by atoms with E-state index in [1.165, 1.54) is 30.5 Å². The number of rotatable bonds is 3. The van der Waals surface area contributed by atoms with Crippen LogP contribution in [-0.2, 0) is 0 Å². The first kappa shape index (κ1) is 13.0. The molecule has 19 heavy (non-hydrogen) atoms. The second kappa shape index (κ2) is 4.68. The van der Waals surface area contributed by atoms with Crippen molar-refractivity contribution in [1.82, 2.24) is 0 Å². The maximum Gasteiger partial charge on any atom is 0.573 e. The van der Waals surface area contributed by atoms with E-state index in [0.717, 1.165) is 6.07 Å². The molecule has 0 fully saturated rings. The minimum absolute atomic E-state index is 0.0716. The zero-order chi connectivity index (χ0) is 14.0. The maximum absolute atomic E-state index is 12.3. The van der Waals surface area contributed by atoms with Gasteiger partial charge < -0.3 is 14.9 Å². The Morgan fingerprint density at radius 1 is 1.16 bits per heavy atom.